The number of rotatable bonds is 12. The first-order chi connectivity index (χ1) is 21.8. The fourth-order valence-corrected chi connectivity index (χ4v) is 4.19. The van der Waals surface area contributed by atoms with E-state index in [-0.39, 0.29) is 0 Å². The third kappa shape index (κ3) is 10.3. The number of nitrogens with one attached hydrogen (secondary N) is 4. The summed E-state index contributed by atoms with van der Waals surface area (Å²) < 4.78 is 0. The summed E-state index contributed by atoms with van der Waals surface area (Å²) in [7, 11) is 0. The predicted molar refractivity (Wildman–Crippen MR) is 179 cm³/mol. The van der Waals surface area contributed by atoms with E-state index in [0.29, 0.717) is 0 Å². The Bertz CT molecular complexity index is 1360. The van der Waals surface area contributed by atoms with Crippen LogP contribution >= 0.6 is 0 Å². The molecule has 44 heavy (non-hydrogen) atoms. The van der Waals surface area contributed by atoms with E-state index >= 15 is 0 Å². The largest absolute Gasteiger partial charge is 0.366 e. The third-order valence-electron chi connectivity index (χ3n) is 6.60. The van der Waals surface area contributed by atoms with Crippen molar-refractivity contribution in [3.05, 3.63) is 168 Å². The second-order valence-electron chi connectivity index (χ2n) is 9.91. The molecule has 4 heterocycles. The van der Waals surface area contributed by atoms with Crippen molar-refractivity contribution in [2.24, 2.45) is 0 Å². The molecule has 0 radical (unpaired) electrons. The van der Waals surface area contributed by atoms with Crippen LogP contribution in [0.2, 0.25) is 0 Å². The lowest BCUT2D eigenvalue weighted by Gasteiger charge is -2.08. The Labute approximate surface area is 258 Å². The van der Waals surface area contributed by atoms with Crippen molar-refractivity contribution in [3.63, 3.8) is 0 Å². The van der Waals surface area contributed by atoms with Crippen LogP contribution in [0.25, 0.3) is 0 Å². The van der Waals surface area contributed by atoms with Crippen molar-refractivity contribution in [2.45, 2.75) is 26.2 Å². The fraction of sp³-hybridized carbons (Fsp3) is 0.111. The lowest BCUT2D eigenvalue weighted by atomic mass is 10.1. The van der Waals surface area contributed by atoms with Crippen LogP contribution in [0.1, 0.15) is 22.3 Å². The maximum Gasteiger partial charge on any atom is 0.126 e. The molecular formula is C36H36N8. The number of aromatic nitrogens is 4. The van der Waals surface area contributed by atoms with Gasteiger partial charge < -0.3 is 21.3 Å². The molecule has 8 heteroatoms. The van der Waals surface area contributed by atoms with Gasteiger partial charge in [0.15, 0.2) is 0 Å². The van der Waals surface area contributed by atoms with Crippen LogP contribution in [0.5, 0.6) is 0 Å². The van der Waals surface area contributed by atoms with Crippen molar-refractivity contribution in [1.29, 1.82) is 0 Å². The molecule has 0 fully saturated rings. The summed E-state index contributed by atoms with van der Waals surface area (Å²) in [6.07, 6.45) is 7.15. The fourth-order valence-electron chi connectivity index (χ4n) is 4.19. The monoisotopic (exact) mass is 580 g/mol. The lowest BCUT2D eigenvalue weighted by Crippen LogP contribution is -2.03. The smallest absolute Gasteiger partial charge is 0.126 e. The zero-order valence-electron chi connectivity index (χ0n) is 24.5. The quantitative estimate of drug-likeness (QED) is 0.119. The summed E-state index contributed by atoms with van der Waals surface area (Å²) in [5.74, 6) is 3.57. The van der Waals surface area contributed by atoms with Gasteiger partial charge in [0.2, 0.25) is 0 Å². The van der Waals surface area contributed by atoms with E-state index < -0.39 is 0 Å². The maximum atomic E-state index is 4.25. The topological polar surface area (TPSA) is 99.7 Å². The Morgan fingerprint density at radius 3 is 0.705 bits per heavy atom. The number of nitrogens with zero attached hydrogens (tertiary/aromatic N) is 4. The Hall–Kier alpha value is -5.76. The molecule has 0 aliphatic carbocycles. The standard InChI is InChI=1S/2C18H18N4/c2*1-3-11-19-17(5-1)21-13-15-7-9-16(10-8-15)14-22-18-6-2-4-12-20-18/h2*1-12H,13-14H2,(H,19,21)(H,20,22). The molecule has 6 aromatic rings. The highest BCUT2D eigenvalue weighted by molar-refractivity contribution is 5.39. The molecule has 0 spiro atoms. The summed E-state index contributed by atoms with van der Waals surface area (Å²) >= 11 is 0. The SMILES string of the molecule is c1ccc(NCc2ccc(CNc3ccccn3)cc2)nc1.c1ccc(NCc2ccc(CNc3ccccn3)cc2)nc1. The Morgan fingerprint density at radius 1 is 0.295 bits per heavy atom. The molecule has 0 aliphatic heterocycles. The van der Waals surface area contributed by atoms with E-state index in [4.69, 9.17) is 0 Å². The molecular weight excluding hydrogens is 544 g/mol. The minimum absolute atomic E-state index is 0.769. The van der Waals surface area contributed by atoms with Crippen molar-refractivity contribution < 1.29 is 0 Å². The van der Waals surface area contributed by atoms with Crippen LogP contribution < -0.4 is 21.3 Å². The summed E-state index contributed by atoms with van der Waals surface area (Å²) in [5, 5.41) is 13.2. The highest BCUT2D eigenvalue weighted by atomic mass is 15.0. The molecule has 0 unspecified atom stereocenters. The van der Waals surface area contributed by atoms with Crippen LogP contribution in [-0.4, -0.2) is 19.9 Å². The van der Waals surface area contributed by atoms with Crippen molar-refractivity contribution in [1.82, 2.24) is 19.9 Å². The first kappa shape index (κ1) is 29.7. The molecule has 0 aliphatic rings. The lowest BCUT2D eigenvalue weighted by molar-refractivity contribution is 1.08. The number of hydrogen-bond donors (Lipinski definition) is 4. The van der Waals surface area contributed by atoms with E-state index in [2.05, 4.69) is 89.7 Å². The first-order valence-electron chi connectivity index (χ1n) is 14.6. The van der Waals surface area contributed by atoms with Crippen LogP contribution in [0, 0.1) is 0 Å². The number of hydrogen-bond acceptors (Lipinski definition) is 8. The molecule has 0 atom stereocenters. The van der Waals surface area contributed by atoms with Gasteiger partial charge in [0.25, 0.3) is 0 Å². The van der Waals surface area contributed by atoms with Crippen molar-refractivity contribution >= 4 is 23.3 Å². The van der Waals surface area contributed by atoms with Crippen molar-refractivity contribution in [3.8, 4) is 0 Å². The van der Waals surface area contributed by atoms with E-state index in [0.717, 1.165) is 49.5 Å². The van der Waals surface area contributed by atoms with Gasteiger partial charge in [0.05, 0.1) is 0 Å². The van der Waals surface area contributed by atoms with E-state index in [1.165, 1.54) is 22.3 Å². The molecule has 0 saturated heterocycles. The molecule has 0 saturated carbocycles. The highest BCUT2D eigenvalue weighted by Crippen LogP contribution is 2.11. The van der Waals surface area contributed by atoms with Gasteiger partial charge in [-0.05, 0) is 70.8 Å². The molecule has 6 rings (SSSR count). The zero-order valence-corrected chi connectivity index (χ0v) is 24.5. The van der Waals surface area contributed by atoms with Gasteiger partial charge in [-0.15, -0.1) is 0 Å². The second-order valence-corrected chi connectivity index (χ2v) is 9.91. The van der Waals surface area contributed by atoms with E-state index in [1.54, 1.807) is 24.8 Å². The summed E-state index contributed by atoms with van der Waals surface area (Å²) in [6.45, 7) is 3.08. The predicted octanol–water partition coefficient (Wildman–Crippen LogP) is 7.40. The zero-order chi connectivity index (χ0) is 30.1. The van der Waals surface area contributed by atoms with Gasteiger partial charge in [-0.2, -0.15) is 0 Å². The Balaban J connectivity index is 0.000000175. The summed E-state index contributed by atoms with van der Waals surface area (Å²) in [5.41, 5.74) is 4.92. The third-order valence-corrected chi connectivity index (χ3v) is 6.60. The normalized spacial score (nSPS) is 10.2. The Morgan fingerprint density at radius 2 is 0.523 bits per heavy atom. The van der Waals surface area contributed by atoms with Crippen LogP contribution in [0.15, 0.2) is 146 Å². The van der Waals surface area contributed by atoms with Gasteiger partial charge in [0.1, 0.15) is 23.3 Å². The molecule has 4 aromatic heterocycles. The van der Waals surface area contributed by atoms with E-state index in [1.807, 2.05) is 72.8 Å². The maximum absolute atomic E-state index is 4.25. The van der Waals surface area contributed by atoms with Gasteiger partial charge >= 0.3 is 0 Å². The molecule has 4 N–H and O–H groups in total. The van der Waals surface area contributed by atoms with Crippen LogP contribution in [0.4, 0.5) is 23.3 Å². The number of benzene rings is 2. The molecule has 8 nitrogen and oxygen atoms in total. The van der Waals surface area contributed by atoms with Gasteiger partial charge in [-0.3, -0.25) is 0 Å². The minimum Gasteiger partial charge on any atom is -0.366 e. The van der Waals surface area contributed by atoms with Gasteiger partial charge in [0, 0.05) is 51.0 Å². The summed E-state index contributed by atoms with van der Waals surface area (Å²) in [6, 6.07) is 40.4. The summed E-state index contributed by atoms with van der Waals surface area (Å²) in [4.78, 5) is 17.0. The average molecular weight is 581 g/mol. The highest BCUT2D eigenvalue weighted by Gasteiger charge is 1.99. The molecule has 0 amide bonds. The number of pyridine rings is 4. The van der Waals surface area contributed by atoms with Crippen LogP contribution in [-0.2, 0) is 26.2 Å². The average Bonchev–Trinajstić information content (AvgIpc) is 3.11. The minimum atomic E-state index is 0.769. The van der Waals surface area contributed by atoms with Crippen molar-refractivity contribution in [2.75, 3.05) is 21.3 Å². The first-order valence-corrected chi connectivity index (χ1v) is 14.6. The second kappa shape index (κ2) is 16.6. The van der Waals surface area contributed by atoms with Gasteiger partial charge in [-0.1, -0.05) is 72.8 Å². The number of anilines is 4. The Kier molecular flexibility index (Phi) is 11.2. The molecule has 2 aromatic carbocycles. The van der Waals surface area contributed by atoms with E-state index in [9.17, 15) is 0 Å². The molecule has 220 valence electrons. The van der Waals surface area contributed by atoms with Crippen LogP contribution in [0.3, 0.4) is 0 Å². The van der Waals surface area contributed by atoms with Gasteiger partial charge in [-0.25, -0.2) is 19.9 Å². The molecule has 0 bridgehead atoms.